The molecule has 0 unspecified atom stereocenters. The quantitative estimate of drug-likeness (QED) is 0.253. The number of hydrogen-bond acceptors (Lipinski definition) is 5. The van der Waals surface area contributed by atoms with Crippen molar-refractivity contribution in [1.29, 1.82) is 0 Å². The highest BCUT2D eigenvalue weighted by Gasteiger charge is 2.36. The van der Waals surface area contributed by atoms with E-state index in [9.17, 15) is 19.2 Å². The van der Waals surface area contributed by atoms with E-state index in [2.05, 4.69) is 13.8 Å². The Morgan fingerprint density at radius 2 is 1.85 bits per heavy atom. The third kappa shape index (κ3) is 5.54. The molecule has 0 N–H and O–H groups in total. The van der Waals surface area contributed by atoms with Crippen LogP contribution in [0.25, 0.3) is 17.0 Å². The molecule has 202 valence electrons. The number of hydrogen-bond donors (Lipinski definition) is 0. The van der Waals surface area contributed by atoms with Gasteiger partial charge in [-0.2, -0.15) is 0 Å². The van der Waals surface area contributed by atoms with E-state index in [0.29, 0.717) is 10.6 Å². The number of carbonyl (C=O) groups excluding carboxylic acids is 4. The zero-order valence-electron chi connectivity index (χ0n) is 22.0. The van der Waals surface area contributed by atoms with Crippen LogP contribution in [0.5, 0.6) is 0 Å². The Kier molecular flexibility index (Phi) is 7.96. The zero-order valence-corrected chi connectivity index (χ0v) is 23.6. The number of para-hydroxylation sites is 1. The first-order chi connectivity index (χ1) is 18.8. The molecule has 0 spiro atoms. The first-order valence-corrected chi connectivity index (χ1v) is 14.4. The number of amides is 3. The molecule has 0 aliphatic carbocycles. The lowest BCUT2D eigenvalue weighted by Gasteiger charge is -2.33. The first-order valence-electron chi connectivity index (χ1n) is 13.2. The van der Waals surface area contributed by atoms with Gasteiger partial charge in [0, 0.05) is 40.3 Å². The minimum absolute atomic E-state index is 0.0811. The molecule has 1 aromatic heterocycles. The molecule has 2 aliphatic rings. The maximum atomic E-state index is 13.3. The molecule has 3 heterocycles. The smallest absolute Gasteiger partial charge is 0.293 e. The van der Waals surface area contributed by atoms with Gasteiger partial charge in [-0.25, -0.2) is 0 Å². The average Bonchev–Trinajstić information content (AvgIpc) is 3.40. The standard InChI is InChI=1S/C30H30ClN3O4S/c1-3-20-8-6-9-24-22(16-32(28(20)24)18-27(36)33-14-5-4-7-19(33)2)15-26-29(37)34(30(38)39-26)17-25(35)21-10-12-23(31)13-11-21/h6,8-13,15-16,19H,3-5,7,14,17-18H2,1-2H3/b26-15-/t19-/m0/s1. The molecular formula is C30H30ClN3O4S. The van der Waals surface area contributed by atoms with Crippen molar-refractivity contribution in [1.82, 2.24) is 14.4 Å². The molecule has 2 saturated heterocycles. The molecule has 5 rings (SSSR count). The fourth-order valence-electron chi connectivity index (χ4n) is 5.34. The molecule has 3 aromatic rings. The van der Waals surface area contributed by atoms with Gasteiger partial charge in [-0.1, -0.05) is 36.7 Å². The summed E-state index contributed by atoms with van der Waals surface area (Å²) in [6.45, 7) is 4.82. The number of fused-ring (bicyclic) bond motifs is 1. The van der Waals surface area contributed by atoms with Crippen LogP contribution < -0.4 is 0 Å². The number of ketones is 1. The normalized spacial score (nSPS) is 18.9. The Hall–Kier alpha value is -3.36. The van der Waals surface area contributed by atoms with E-state index in [0.717, 1.165) is 70.9 Å². The van der Waals surface area contributed by atoms with Gasteiger partial charge in [-0.05, 0) is 80.3 Å². The van der Waals surface area contributed by atoms with Gasteiger partial charge in [-0.3, -0.25) is 24.1 Å². The van der Waals surface area contributed by atoms with Crippen LogP contribution in [-0.4, -0.2) is 56.3 Å². The highest BCUT2D eigenvalue weighted by atomic mass is 35.5. The topological polar surface area (TPSA) is 79.7 Å². The van der Waals surface area contributed by atoms with E-state index in [4.69, 9.17) is 11.6 Å². The molecule has 2 aromatic carbocycles. The first kappa shape index (κ1) is 27.2. The number of thioether (sulfide) groups is 1. The third-order valence-corrected chi connectivity index (χ3v) is 8.61. The van der Waals surface area contributed by atoms with Crippen LogP contribution >= 0.6 is 23.4 Å². The Morgan fingerprint density at radius 1 is 1.08 bits per heavy atom. The van der Waals surface area contributed by atoms with Crippen molar-refractivity contribution >= 4 is 63.2 Å². The molecule has 39 heavy (non-hydrogen) atoms. The second-order valence-corrected chi connectivity index (χ2v) is 11.4. The van der Waals surface area contributed by atoms with Gasteiger partial charge < -0.3 is 9.47 Å². The lowest BCUT2D eigenvalue weighted by Crippen LogP contribution is -2.43. The maximum absolute atomic E-state index is 13.3. The summed E-state index contributed by atoms with van der Waals surface area (Å²) in [5.41, 5.74) is 3.20. The van der Waals surface area contributed by atoms with Crippen LogP contribution in [0.1, 0.15) is 54.6 Å². The second-order valence-electron chi connectivity index (χ2n) is 10.0. The number of imide groups is 1. The van der Waals surface area contributed by atoms with Crippen molar-refractivity contribution in [2.45, 2.75) is 52.1 Å². The van der Waals surface area contributed by atoms with E-state index in [1.807, 2.05) is 33.9 Å². The SMILES string of the molecule is CCc1cccc2c(/C=C3\SC(=O)N(CC(=O)c4ccc(Cl)cc4)C3=O)cn(CC(=O)N3CCCC[C@@H]3C)c12. The summed E-state index contributed by atoms with van der Waals surface area (Å²) in [6.07, 6.45) is 7.55. The highest BCUT2D eigenvalue weighted by Crippen LogP contribution is 2.35. The summed E-state index contributed by atoms with van der Waals surface area (Å²) in [5, 5.41) is 0.928. The van der Waals surface area contributed by atoms with Crippen molar-refractivity contribution in [3.8, 4) is 0 Å². The molecule has 9 heteroatoms. The minimum Gasteiger partial charge on any atom is -0.338 e. The minimum atomic E-state index is -0.502. The molecule has 0 bridgehead atoms. The number of Topliss-reactive ketones (excluding diaryl/α,β-unsaturated/α-hetero) is 1. The van der Waals surface area contributed by atoms with Crippen LogP contribution in [0.2, 0.25) is 5.02 Å². The maximum Gasteiger partial charge on any atom is 0.293 e. The van der Waals surface area contributed by atoms with E-state index in [-0.39, 0.29) is 35.7 Å². The van der Waals surface area contributed by atoms with Crippen LogP contribution in [0.15, 0.2) is 53.6 Å². The molecule has 3 amide bonds. The summed E-state index contributed by atoms with van der Waals surface area (Å²) < 4.78 is 1.97. The number of piperidine rings is 1. The van der Waals surface area contributed by atoms with Gasteiger partial charge in [0.05, 0.1) is 17.0 Å². The van der Waals surface area contributed by atoms with Gasteiger partial charge in [0.15, 0.2) is 5.78 Å². The number of carbonyl (C=O) groups is 4. The number of nitrogens with zero attached hydrogens (tertiary/aromatic N) is 3. The summed E-state index contributed by atoms with van der Waals surface area (Å²) >= 11 is 6.72. The molecule has 2 fully saturated rings. The second kappa shape index (κ2) is 11.4. The summed E-state index contributed by atoms with van der Waals surface area (Å²) in [7, 11) is 0. The van der Waals surface area contributed by atoms with Gasteiger partial charge in [0.2, 0.25) is 5.91 Å². The number of benzene rings is 2. The van der Waals surface area contributed by atoms with Gasteiger partial charge in [0.1, 0.15) is 6.54 Å². The number of aromatic nitrogens is 1. The Bertz CT molecular complexity index is 1490. The van der Waals surface area contributed by atoms with Crippen molar-refractivity contribution in [2.24, 2.45) is 0 Å². The molecule has 1 atom stereocenters. The molecule has 7 nitrogen and oxygen atoms in total. The van der Waals surface area contributed by atoms with E-state index >= 15 is 0 Å². The highest BCUT2D eigenvalue weighted by molar-refractivity contribution is 8.18. The Balaban J connectivity index is 1.43. The van der Waals surface area contributed by atoms with Crippen LogP contribution in [0.3, 0.4) is 0 Å². The lowest BCUT2D eigenvalue weighted by atomic mass is 10.0. The molecule has 0 saturated carbocycles. The van der Waals surface area contributed by atoms with Gasteiger partial charge in [0.25, 0.3) is 11.1 Å². The summed E-state index contributed by atoms with van der Waals surface area (Å²) in [6, 6.07) is 12.6. The predicted octanol–water partition coefficient (Wildman–Crippen LogP) is 6.18. The predicted molar refractivity (Wildman–Crippen MR) is 155 cm³/mol. The molecule has 0 radical (unpaired) electrons. The monoisotopic (exact) mass is 563 g/mol. The van der Waals surface area contributed by atoms with Gasteiger partial charge >= 0.3 is 0 Å². The van der Waals surface area contributed by atoms with Crippen LogP contribution in [0.4, 0.5) is 4.79 Å². The van der Waals surface area contributed by atoms with E-state index in [1.54, 1.807) is 30.3 Å². The van der Waals surface area contributed by atoms with Crippen LogP contribution in [0, 0.1) is 0 Å². The van der Waals surface area contributed by atoms with E-state index < -0.39 is 11.1 Å². The number of halogens is 1. The number of likely N-dealkylation sites (tertiary alicyclic amines) is 1. The van der Waals surface area contributed by atoms with Crippen LogP contribution in [-0.2, 0) is 22.6 Å². The van der Waals surface area contributed by atoms with Gasteiger partial charge in [-0.15, -0.1) is 0 Å². The van der Waals surface area contributed by atoms with Crippen molar-refractivity contribution in [3.05, 3.63) is 75.3 Å². The number of aryl methyl sites for hydroxylation is 1. The summed E-state index contributed by atoms with van der Waals surface area (Å²) in [4.78, 5) is 55.1. The average molecular weight is 564 g/mol. The zero-order chi connectivity index (χ0) is 27.7. The van der Waals surface area contributed by atoms with Crippen molar-refractivity contribution in [3.63, 3.8) is 0 Å². The molecule has 2 aliphatic heterocycles. The summed E-state index contributed by atoms with van der Waals surface area (Å²) in [5.74, 6) is -0.763. The Morgan fingerprint density at radius 3 is 2.56 bits per heavy atom. The Labute approximate surface area is 236 Å². The fraction of sp³-hybridized carbons (Fsp3) is 0.333. The van der Waals surface area contributed by atoms with E-state index in [1.165, 1.54) is 0 Å². The van der Waals surface area contributed by atoms with Crippen molar-refractivity contribution in [2.75, 3.05) is 13.1 Å². The number of rotatable bonds is 7. The third-order valence-electron chi connectivity index (χ3n) is 7.45. The largest absolute Gasteiger partial charge is 0.338 e. The van der Waals surface area contributed by atoms with Crippen molar-refractivity contribution < 1.29 is 19.2 Å². The molecular weight excluding hydrogens is 534 g/mol. The lowest BCUT2D eigenvalue weighted by molar-refractivity contribution is -0.135. The fourth-order valence-corrected chi connectivity index (χ4v) is 6.30.